The molecule has 0 heterocycles. The summed E-state index contributed by atoms with van der Waals surface area (Å²) < 4.78 is 28.0. The largest absolute Gasteiger partial charge is 1.00 e. The van der Waals surface area contributed by atoms with Crippen LogP contribution in [0.4, 0.5) is 4.79 Å². The fourth-order valence-electron chi connectivity index (χ4n) is 6.73. The van der Waals surface area contributed by atoms with E-state index in [0.29, 0.717) is 17.8 Å². The van der Waals surface area contributed by atoms with E-state index in [0.717, 1.165) is 38.5 Å². The number of carbonyl (C=O) groups excluding carboxylic acids is 2. The molecule has 0 aliphatic heterocycles. The third-order valence-corrected chi connectivity index (χ3v) is 11.6. The number of benzene rings is 1. The number of esters is 1. The fraction of sp³-hybridized carbons (Fsp3) is 0.652. The van der Waals surface area contributed by atoms with Gasteiger partial charge in [0.25, 0.3) is 0 Å². The number of hydrogen-bond acceptors (Lipinski definition) is 8. The molecule has 12 nitrogen and oxygen atoms in total. The second kappa shape index (κ2) is 13.6. The second-order valence-corrected chi connectivity index (χ2v) is 14.2. The molecule has 0 spiro atoms. The van der Waals surface area contributed by atoms with Crippen LogP contribution in [-0.4, -0.2) is 45.1 Å². The van der Waals surface area contributed by atoms with E-state index >= 15 is 0 Å². The third kappa shape index (κ3) is 7.92. The first kappa shape index (κ1) is 35.3. The van der Waals surface area contributed by atoms with Crippen LogP contribution in [0.2, 0.25) is 0 Å². The molecule has 7 atom stereocenters. The Morgan fingerprint density at radius 2 is 1.79 bits per heavy atom. The van der Waals surface area contributed by atoms with Gasteiger partial charge in [0.2, 0.25) is 0 Å². The van der Waals surface area contributed by atoms with Crippen LogP contribution < -0.4 is 79.5 Å². The molecule has 0 radical (unpaired) electrons. The topological polar surface area (TPSA) is 208 Å². The zero-order valence-corrected chi connectivity index (χ0v) is 28.2. The molecule has 2 amide bonds. The molecule has 2 unspecified atom stereocenters. The van der Waals surface area contributed by atoms with Gasteiger partial charge in [-0.25, -0.2) is 4.79 Å². The Hall–Kier alpha value is 0.0600. The molecule has 2 saturated carbocycles. The monoisotopic (exact) mass is 604 g/mol. The number of ether oxygens (including phenoxy) is 1. The number of nitrogens with one attached hydrogen (secondary N) is 2. The molecule has 16 heteroatoms. The first-order valence-corrected chi connectivity index (χ1v) is 15.6. The Morgan fingerprint density at radius 3 is 2.44 bits per heavy atom. The summed E-state index contributed by atoms with van der Waals surface area (Å²) in [7, 11) is -11.3. The van der Waals surface area contributed by atoms with Gasteiger partial charge in [0.1, 0.15) is 11.9 Å². The van der Waals surface area contributed by atoms with Gasteiger partial charge in [-0.1, -0.05) is 13.0 Å². The molecular formula is C23H32N2Na2O10P2. The van der Waals surface area contributed by atoms with Crippen LogP contribution in [0.15, 0.2) is 18.2 Å². The average Bonchev–Trinajstić information content (AvgIpc) is 3.11. The predicted octanol–water partition coefficient (Wildman–Crippen LogP) is -4.77. The number of urea groups is 1. The van der Waals surface area contributed by atoms with Gasteiger partial charge in [0.05, 0.1) is 6.42 Å². The van der Waals surface area contributed by atoms with Crippen LogP contribution in [0, 0.1) is 17.3 Å². The van der Waals surface area contributed by atoms with Crippen LogP contribution in [0.3, 0.4) is 0 Å². The molecule has 3 aliphatic rings. The minimum Gasteiger partial charge on any atom is -0.777 e. The summed E-state index contributed by atoms with van der Waals surface area (Å²) in [5.74, 6) is 1.04. The van der Waals surface area contributed by atoms with Crippen molar-refractivity contribution in [3.05, 3.63) is 29.3 Å². The van der Waals surface area contributed by atoms with Crippen LogP contribution in [0.25, 0.3) is 0 Å². The normalized spacial score (nSPS) is 30.8. The molecule has 2 fully saturated rings. The molecule has 206 valence electrons. The average molecular weight is 604 g/mol. The number of amides is 2. The zero-order valence-electron chi connectivity index (χ0n) is 22.4. The molecule has 5 N–H and O–H groups in total. The number of carbonyl (C=O) groups is 2. The van der Waals surface area contributed by atoms with Crippen LogP contribution in [-0.2, 0) is 25.1 Å². The quantitative estimate of drug-likeness (QED) is 0.114. The number of aryl methyl sites for hydroxylation is 1. The van der Waals surface area contributed by atoms with Crippen LogP contribution in [0.5, 0.6) is 5.75 Å². The van der Waals surface area contributed by atoms with Gasteiger partial charge in [-0.3, -0.25) is 4.79 Å². The number of rotatable bonds is 7. The molecule has 3 aliphatic carbocycles. The van der Waals surface area contributed by atoms with Gasteiger partial charge in [-0.15, -0.1) is 0 Å². The first-order chi connectivity index (χ1) is 17.2. The summed E-state index contributed by atoms with van der Waals surface area (Å²) in [5.41, 5.74) is -0.541. The number of hydrogen-bond donors (Lipinski definition) is 5. The third-order valence-electron chi connectivity index (χ3n) is 8.39. The molecule has 1 aromatic rings. The molecule has 0 saturated heterocycles. The van der Waals surface area contributed by atoms with E-state index in [1.54, 1.807) is 6.07 Å². The molecule has 0 aromatic heterocycles. The van der Waals surface area contributed by atoms with E-state index in [-0.39, 0.29) is 89.3 Å². The van der Waals surface area contributed by atoms with E-state index in [9.17, 15) is 33.6 Å². The van der Waals surface area contributed by atoms with E-state index in [4.69, 9.17) is 14.5 Å². The van der Waals surface area contributed by atoms with Gasteiger partial charge in [0.15, 0.2) is 20.7 Å². The Bertz CT molecular complexity index is 1140. The molecule has 39 heavy (non-hydrogen) atoms. The minimum absolute atomic E-state index is 0. The summed E-state index contributed by atoms with van der Waals surface area (Å²) in [6.45, 7) is 1.89. The molecular weight excluding hydrogens is 572 g/mol. The zero-order chi connectivity index (χ0) is 27.2. The number of phenols is 1. The molecule has 0 bridgehead atoms. The molecule has 4 rings (SSSR count). The van der Waals surface area contributed by atoms with Crippen molar-refractivity contribution in [3.63, 3.8) is 0 Å². The molecule has 1 aromatic carbocycles. The first-order valence-electron chi connectivity index (χ1n) is 12.3. The van der Waals surface area contributed by atoms with E-state index in [1.807, 2.05) is 12.1 Å². The Balaban J connectivity index is 0.00000267. The fourth-order valence-corrected chi connectivity index (χ4v) is 8.76. The number of aromatic hydroxyl groups is 1. The number of fused-ring (bicyclic) bond motifs is 5. The van der Waals surface area contributed by atoms with Gasteiger partial charge in [-0.05, 0) is 79.5 Å². The van der Waals surface area contributed by atoms with Gasteiger partial charge >= 0.3 is 71.1 Å². The standard InChI is InChI=1S/C23H34N2O10P2.2Na/c1-23-10-8-16-15-5-3-14(26)12-13(15)2-4-17(16)18(23)6-7-19(23)35-20(27)9-11-24-21(28)25-22(36(29,30)31)37(32,33)34;;/h3,5,12,16-19,22,26H,2,4,6-11H2,1H3,(H2,24,25,28)(H2,29,30,31)(H2,32,33,34);;/q;2*+1/p-2/t16-,17-,18+,19+,23+;;/m1../s1. The summed E-state index contributed by atoms with van der Waals surface area (Å²) in [6, 6.07) is 4.34. The van der Waals surface area contributed by atoms with Crippen molar-refractivity contribution >= 4 is 27.2 Å². The number of phenolic OH excluding ortho intramolecular Hbond substituents is 1. The summed E-state index contributed by atoms with van der Waals surface area (Å²) in [5, 5.41) is 13.4. The van der Waals surface area contributed by atoms with Gasteiger partial charge in [-0.2, -0.15) is 0 Å². The van der Waals surface area contributed by atoms with Crippen molar-refractivity contribution < 1.29 is 107 Å². The Morgan fingerprint density at radius 1 is 1.13 bits per heavy atom. The minimum atomic E-state index is -5.63. The summed E-state index contributed by atoms with van der Waals surface area (Å²) in [4.78, 5) is 64.4. The smallest absolute Gasteiger partial charge is 0.777 e. The SMILES string of the molecule is C[C@]12CC[C@@H]3c4ccc(O)cc4CC[C@H]3[C@@H]1CC[C@@H]2OC(=O)CCNC(=O)NC(P(=O)([O-])O)P(=O)([O-])O.[Na+].[Na+]. The van der Waals surface area contributed by atoms with E-state index < -0.39 is 32.7 Å². The van der Waals surface area contributed by atoms with E-state index in [1.165, 1.54) is 16.4 Å². The maximum atomic E-state index is 12.5. The van der Waals surface area contributed by atoms with Crippen molar-refractivity contribution in [2.24, 2.45) is 17.3 Å². The van der Waals surface area contributed by atoms with Gasteiger partial charge < -0.3 is 49.2 Å². The van der Waals surface area contributed by atoms with Crippen molar-refractivity contribution in [1.29, 1.82) is 0 Å². The van der Waals surface area contributed by atoms with Crippen molar-refractivity contribution in [2.75, 3.05) is 6.54 Å². The van der Waals surface area contributed by atoms with Crippen molar-refractivity contribution in [2.45, 2.75) is 69.4 Å². The van der Waals surface area contributed by atoms with Gasteiger partial charge in [0, 0.05) is 12.0 Å². The van der Waals surface area contributed by atoms with Crippen molar-refractivity contribution in [1.82, 2.24) is 10.6 Å². The predicted molar refractivity (Wildman–Crippen MR) is 127 cm³/mol. The summed E-state index contributed by atoms with van der Waals surface area (Å²) in [6.07, 6.45) is 4.97. The van der Waals surface area contributed by atoms with Crippen molar-refractivity contribution in [3.8, 4) is 5.75 Å². The Labute approximate surface area is 271 Å². The Kier molecular flexibility index (Phi) is 12.3. The summed E-state index contributed by atoms with van der Waals surface area (Å²) >= 11 is 0. The maximum absolute atomic E-state index is 12.5. The second-order valence-electron chi connectivity index (χ2n) is 10.6. The van der Waals surface area contributed by atoms with Crippen LogP contribution >= 0.6 is 15.2 Å². The van der Waals surface area contributed by atoms with E-state index in [2.05, 4.69) is 12.2 Å². The maximum Gasteiger partial charge on any atom is 1.00 e. The van der Waals surface area contributed by atoms with Crippen LogP contribution in [0.1, 0.15) is 62.5 Å².